The van der Waals surface area contributed by atoms with Crippen molar-refractivity contribution in [3.05, 3.63) is 47.5 Å². The third-order valence-electron chi connectivity index (χ3n) is 3.34. The van der Waals surface area contributed by atoms with Crippen LogP contribution in [-0.4, -0.2) is 27.9 Å². The van der Waals surface area contributed by atoms with E-state index in [4.69, 9.17) is 10.2 Å². The van der Waals surface area contributed by atoms with Gasteiger partial charge >= 0.3 is 11.9 Å². The second-order valence-electron chi connectivity index (χ2n) is 4.50. The summed E-state index contributed by atoms with van der Waals surface area (Å²) in [4.78, 5) is 34.4. The molecule has 0 bridgehead atoms. The normalized spacial score (nSPS) is 16.7. The lowest BCUT2D eigenvalue weighted by Crippen LogP contribution is -2.37. The summed E-state index contributed by atoms with van der Waals surface area (Å²) in [5.74, 6) is -3.14. The highest BCUT2D eigenvalue weighted by atomic mass is 16.4. The van der Waals surface area contributed by atoms with Gasteiger partial charge in [0.2, 0.25) is 0 Å². The van der Waals surface area contributed by atoms with Gasteiger partial charge in [-0.3, -0.25) is 14.4 Å². The summed E-state index contributed by atoms with van der Waals surface area (Å²) in [6.45, 7) is 0. The minimum Gasteiger partial charge on any atom is -0.480 e. The maximum absolute atomic E-state index is 12.1. The number of carbonyl (C=O) groups excluding carboxylic acids is 1. The lowest BCUT2D eigenvalue weighted by atomic mass is 9.83. The number of carboxylic acids is 2. The number of carboxylic acid groups (broad SMARTS) is 2. The Morgan fingerprint density at radius 1 is 1.00 bits per heavy atom. The largest absolute Gasteiger partial charge is 0.480 e. The Hall–Kier alpha value is -2.43. The third-order valence-corrected chi connectivity index (χ3v) is 3.34. The Labute approximate surface area is 109 Å². The van der Waals surface area contributed by atoms with Crippen molar-refractivity contribution in [2.45, 2.75) is 12.8 Å². The molecule has 0 amide bonds. The maximum atomic E-state index is 12.1. The second kappa shape index (κ2) is 4.68. The molecule has 0 saturated heterocycles. The molecule has 1 aromatic rings. The van der Waals surface area contributed by atoms with Gasteiger partial charge in [-0.05, 0) is 12.0 Å². The Balaban J connectivity index is 2.25. The number of benzene rings is 1. The summed E-state index contributed by atoms with van der Waals surface area (Å²) >= 11 is 0. The van der Waals surface area contributed by atoms with Crippen LogP contribution >= 0.6 is 0 Å². The van der Waals surface area contributed by atoms with E-state index in [1.807, 2.05) is 0 Å². The lowest BCUT2D eigenvalue weighted by Gasteiger charge is -2.18. The molecule has 19 heavy (non-hydrogen) atoms. The highest BCUT2D eigenvalue weighted by Crippen LogP contribution is 2.39. The molecular formula is C14H12O5. The third kappa shape index (κ3) is 2.14. The highest BCUT2D eigenvalue weighted by molar-refractivity contribution is 6.11. The van der Waals surface area contributed by atoms with Gasteiger partial charge in [-0.25, -0.2) is 0 Å². The summed E-state index contributed by atoms with van der Waals surface area (Å²) in [5, 5.41) is 18.2. The quantitative estimate of drug-likeness (QED) is 0.635. The molecule has 0 atom stereocenters. The zero-order chi connectivity index (χ0) is 14.0. The van der Waals surface area contributed by atoms with E-state index in [0.717, 1.165) is 0 Å². The highest BCUT2D eigenvalue weighted by Gasteiger charge is 2.50. The van der Waals surface area contributed by atoms with Gasteiger partial charge in [0.05, 0.1) is 0 Å². The van der Waals surface area contributed by atoms with E-state index in [1.165, 1.54) is 6.08 Å². The molecule has 0 aromatic heterocycles. The number of hydrogen-bond acceptors (Lipinski definition) is 3. The Morgan fingerprint density at radius 2 is 1.58 bits per heavy atom. The molecular weight excluding hydrogens is 248 g/mol. The number of rotatable bonds is 4. The van der Waals surface area contributed by atoms with E-state index in [-0.39, 0.29) is 24.2 Å². The zero-order valence-corrected chi connectivity index (χ0v) is 10.00. The monoisotopic (exact) mass is 260 g/mol. The minimum atomic E-state index is -1.90. The number of Topliss-reactive ketones (excluding diaryl/α,β-unsaturated/α-hetero) is 1. The van der Waals surface area contributed by atoms with Crippen LogP contribution in [0.25, 0.3) is 0 Å². The number of ketones is 1. The van der Waals surface area contributed by atoms with Gasteiger partial charge < -0.3 is 10.2 Å². The molecule has 0 radical (unpaired) electrons. The Bertz CT molecular complexity index is 557. The first-order valence-corrected chi connectivity index (χ1v) is 5.73. The van der Waals surface area contributed by atoms with Crippen LogP contribution in [0.2, 0.25) is 0 Å². The molecule has 0 unspecified atom stereocenters. The van der Waals surface area contributed by atoms with Crippen LogP contribution in [0, 0.1) is 5.41 Å². The van der Waals surface area contributed by atoms with Crippen LogP contribution in [-0.2, 0) is 9.59 Å². The average Bonchev–Trinajstić information content (AvgIpc) is 2.85. The smallest absolute Gasteiger partial charge is 0.321 e. The van der Waals surface area contributed by atoms with E-state index in [2.05, 4.69) is 0 Å². The molecule has 1 aromatic carbocycles. The zero-order valence-electron chi connectivity index (χ0n) is 10.00. The van der Waals surface area contributed by atoms with E-state index in [9.17, 15) is 14.4 Å². The summed E-state index contributed by atoms with van der Waals surface area (Å²) in [7, 11) is 0. The van der Waals surface area contributed by atoms with Crippen LogP contribution in [0.4, 0.5) is 0 Å². The fourth-order valence-electron chi connectivity index (χ4n) is 2.13. The van der Waals surface area contributed by atoms with Crippen molar-refractivity contribution >= 4 is 17.7 Å². The van der Waals surface area contributed by atoms with Gasteiger partial charge in [0, 0.05) is 12.0 Å². The second-order valence-corrected chi connectivity index (χ2v) is 4.50. The van der Waals surface area contributed by atoms with Crippen molar-refractivity contribution in [2.24, 2.45) is 5.41 Å². The molecule has 0 spiro atoms. The standard InChI is InChI=1S/C14H12O5/c15-11(9-4-2-1-3-5-9)10-6-7-14(8-10,12(16)17)13(18)19/h1-6H,7-8H2,(H,16,17)(H,18,19). The van der Waals surface area contributed by atoms with Crippen molar-refractivity contribution in [3.63, 3.8) is 0 Å². The molecule has 98 valence electrons. The minimum absolute atomic E-state index is 0.161. The molecule has 0 aliphatic heterocycles. The molecule has 2 N–H and O–H groups in total. The van der Waals surface area contributed by atoms with Crippen molar-refractivity contribution in [1.29, 1.82) is 0 Å². The number of hydrogen-bond donors (Lipinski definition) is 2. The average molecular weight is 260 g/mol. The van der Waals surface area contributed by atoms with Crippen molar-refractivity contribution in [2.75, 3.05) is 0 Å². The topological polar surface area (TPSA) is 91.7 Å². The van der Waals surface area contributed by atoms with Gasteiger partial charge in [0.1, 0.15) is 0 Å². The maximum Gasteiger partial charge on any atom is 0.321 e. The molecule has 5 heteroatoms. The molecule has 0 saturated carbocycles. The van der Waals surface area contributed by atoms with E-state index < -0.39 is 17.4 Å². The van der Waals surface area contributed by atoms with Gasteiger partial charge in [0.15, 0.2) is 11.2 Å². The fraction of sp³-hybridized carbons (Fsp3) is 0.214. The predicted octanol–water partition coefficient (Wildman–Crippen LogP) is 1.75. The van der Waals surface area contributed by atoms with Crippen LogP contribution in [0.15, 0.2) is 42.0 Å². The van der Waals surface area contributed by atoms with E-state index in [1.54, 1.807) is 30.3 Å². The summed E-state index contributed by atoms with van der Waals surface area (Å²) in [6.07, 6.45) is 0.981. The lowest BCUT2D eigenvalue weighted by molar-refractivity contribution is -0.163. The van der Waals surface area contributed by atoms with Crippen molar-refractivity contribution < 1.29 is 24.6 Å². The molecule has 5 nitrogen and oxygen atoms in total. The van der Waals surface area contributed by atoms with E-state index >= 15 is 0 Å². The first-order chi connectivity index (χ1) is 8.97. The van der Waals surface area contributed by atoms with Gasteiger partial charge in [0.25, 0.3) is 0 Å². The summed E-state index contributed by atoms with van der Waals surface area (Å²) < 4.78 is 0. The van der Waals surface area contributed by atoms with Crippen LogP contribution in [0.3, 0.4) is 0 Å². The summed E-state index contributed by atoms with van der Waals surface area (Å²) in [6, 6.07) is 8.39. The summed E-state index contributed by atoms with van der Waals surface area (Å²) in [5.41, 5.74) is -1.23. The first-order valence-electron chi connectivity index (χ1n) is 5.73. The van der Waals surface area contributed by atoms with E-state index in [0.29, 0.717) is 5.56 Å². The Morgan fingerprint density at radius 3 is 2.05 bits per heavy atom. The van der Waals surface area contributed by atoms with Gasteiger partial charge in [-0.15, -0.1) is 0 Å². The number of allylic oxidation sites excluding steroid dienone is 2. The van der Waals surface area contributed by atoms with Crippen molar-refractivity contribution in [3.8, 4) is 0 Å². The molecule has 1 aliphatic carbocycles. The number of aliphatic carboxylic acids is 2. The van der Waals surface area contributed by atoms with Crippen LogP contribution < -0.4 is 0 Å². The first kappa shape index (κ1) is 13.0. The molecule has 1 aliphatic rings. The predicted molar refractivity (Wildman–Crippen MR) is 65.8 cm³/mol. The fourth-order valence-corrected chi connectivity index (χ4v) is 2.13. The van der Waals surface area contributed by atoms with Gasteiger partial charge in [-0.1, -0.05) is 36.4 Å². The Kier molecular flexibility index (Phi) is 3.21. The molecule has 0 heterocycles. The molecule has 0 fully saturated rings. The molecule has 2 rings (SSSR count). The SMILES string of the molecule is O=C(C1=CCC(C(=O)O)(C(=O)O)C1)c1ccccc1. The van der Waals surface area contributed by atoms with Crippen molar-refractivity contribution in [1.82, 2.24) is 0 Å². The van der Waals surface area contributed by atoms with Crippen LogP contribution in [0.1, 0.15) is 23.2 Å². The van der Waals surface area contributed by atoms with Gasteiger partial charge in [-0.2, -0.15) is 0 Å². The van der Waals surface area contributed by atoms with Crippen LogP contribution in [0.5, 0.6) is 0 Å². The number of carbonyl (C=O) groups is 3.